The van der Waals surface area contributed by atoms with E-state index in [-0.39, 0.29) is 11.3 Å². The highest BCUT2D eigenvalue weighted by Crippen LogP contribution is 2.49. The fraction of sp³-hybridized carbons (Fsp3) is 0.833. The lowest BCUT2D eigenvalue weighted by Crippen LogP contribution is -2.48. The Morgan fingerprint density at radius 2 is 2.00 bits per heavy atom. The Balaban J connectivity index is 2.30. The third-order valence-electron chi connectivity index (χ3n) is 4.38. The number of carbonyl (C=O) groups is 2. The van der Waals surface area contributed by atoms with Crippen LogP contribution in [0.1, 0.15) is 46.0 Å². The zero-order valence-corrected chi connectivity index (χ0v) is 9.01. The lowest BCUT2D eigenvalue weighted by molar-refractivity contribution is -0.145. The molecule has 3 atom stereocenters. The maximum absolute atomic E-state index is 11.9. The van der Waals surface area contributed by atoms with E-state index in [0.29, 0.717) is 23.9 Å². The van der Waals surface area contributed by atoms with E-state index >= 15 is 0 Å². The van der Waals surface area contributed by atoms with Gasteiger partial charge in [0.05, 0.1) is 0 Å². The van der Waals surface area contributed by atoms with Gasteiger partial charge >= 0.3 is 0 Å². The number of ketones is 2. The van der Waals surface area contributed by atoms with Gasteiger partial charge in [-0.1, -0.05) is 13.8 Å². The molecule has 2 heteroatoms. The second-order valence-electron chi connectivity index (χ2n) is 5.09. The van der Waals surface area contributed by atoms with Crippen LogP contribution in [-0.2, 0) is 9.59 Å². The smallest absolute Gasteiger partial charge is 0.139 e. The van der Waals surface area contributed by atoms with Crippen LogP contribution < -0.4 is 0 Å². The fourth-order valence-electron chi connectivity index (χ4n) is 3.25. The molecule has 0 heterocycles. The van der Waals surface area contributed by atoms with Crippen LogP contribution in [0.25, 0.3) is 0 Å². The van der Waals surface area contributed by atoms with E-state index in [0.717, 1.165) is 25.7 Å². The minimum absolute atomic E-state index is 0.109. The van der Waals surface area contributed by atoms with Gasteiger partial charge in [0, 0.05) is 24.2 Å². The summed E-state index contributed by atoms with van der Waals surface area (Å²) >= 11 is 0. The van der Waals surface area contributed by atoms with Gasteiger partial charge in [0.25, 0.3) is 0 Å². The predicted octanol–water partition coefficient (Wildman–Crippen LogP) is 2.36. The van der Waals surface area contributed by atoms with Crippen LogP contribution in [0.4, 0.5) is 0 Å². The molecular formula is C12H18O2. The normalized spacial score (nSPS) is 43.6. The molecule has 2 aliphatic rings. The molecule has 78 valence electrons. The van der Waals surface area contributed by atoms with E-state index in [4.69, 9.17) is 0 Å². The molecule has 0 radical (unpaired) electrons. The van der Waals surface area contributed by atoms with Crippen molar-refractivity contribution < 1.29 is 9.59 Å². The van der Waals surface area contributed by atoms with Crippen molar-refractivity contribution in [1.82, 2.24) is 0 Å². The van der Waals surface area contributed by atoms with Crippen molar-refractivity contribution in [2.45, 2.75) is 46.0 Å². The molecule has 0 bridgehead atoms. The molecule has 2 fully saturated rings. The molecule has 2 nitrogen and oxygen atoms in total. The topological polar surface area (TPSA) is 34.1 Å². The maximum atomic E-state index is 11.9. The molecule has 0 spiro atoms. The fourth-order valence-corrected chi connectivity index (χ4v) is 3.25. The van der Waals surface area contributed by atoms with Gasteiger partial charge in [-0.25, -0.2) is 0 Å². The van der Waals surface area contributed by atoms with E-state index in [1.165, 1.54) is 0 Å². The average Bonchev–Trinajstić information content (AvgIpc) is 2.16. The minimum atomic E-state index is -0.175. The molecule has 0 unspecified atom stereocenters. The molecule has 0 aromatic heterocycles. The first-order chi connectivity index (χ1) is 6.55. The molecule has 2 aliphatic carbocycles. The van der Waals surface area contributed by atoms with Crippen molar-refractivity contribution in [2.75, 3.05) is 0 Å². The van der Waals surface area contributed by atoms with Gasteiger partial charge in [-0.15, -0.1) is 0 Å². The van der Waals surface area contributed by atoms with Crippen molar-refractivity contribution in [3.05, 3.63) is 0 Å². The van der Waals surface area contributed by atoms with Crippen LogP contribution in [0.5, 0.6) is 0 Å². The summed E-state index contributed by atoms with van der Waals surface area (Å²) in [4.78, 5) is 23.5. The summed E-state index contributed by atoms with van der Waals surface area (Å²) in [6, 6.07) is 0. The van der Waals surface area contributed by atoms with Gasteiger partial charge in [0.15, 0.2) is 0 Å². The molecule has 2 saturated carbocycles. The van der Waals surface area contributed by atoms with Crippen LogP contribution in [0.3, 0.4) is 0 Å². The second kappa shape index (κ2) is 3.18. The van der Waals surface area contributed by atoms with Crippen LogP contribution in [-0.4, -0.2) is 11.6 Å². The van der Waals surface area contributed by atoms with Crippen molar-refractivity contribution in [3.63, 3.8) is 0 Å². The van der Waals surface area contributed by atoms with Crippen molar-refractivity contribution in [3.8, 4) is 0 Å². The van der Waals surface area contributed by atoms with Gasteiger partial charge in [-0.2, -0.15) is 0 Å². The number of hydrogen-bond acceptors (Lipinski definition) is 2. The van der Waals surface area contributed by atoms with E-state index in [1.807, 2.05) is 6.92 Å². The molecule has 2 rings (SSSR count). The van der Waals surface area contributed by atoms with E-state index in [9.17, 15) is 9.59 Å². The van der Waals surface area contributed by atoms with Crippen LogP contribution in [0, 0.1) is 17.3 Å². The summed E-state index contributed by atoms with van der Waals surface area (Å²) in [5.41, 5.74) is -0.175. The first-order valence-corrected chi connectivity index (χ1v) is 5.62. The summed E-state index contributed by atoms with van der Waals surface area (Å²) in [6.07, 6.45) is 4.18. The van der Waals surface area contributed by atoms with E-state index < -0.39 is 0 Å². The Bertz CT molecular complexity index is 282. The molecule has 14 heavy (non-hydrogen) atoms. The Morgan fingerprint density at radius 3 is 2.71 bits per heavy atom. The number of hydrogen-bond donors (Lipinski definition) is 0. The molecule has 0 saturated heterocycles. The summed E-state index contributed by atoms with van der Waals surface area (Å²) in [6.45, 7) is 4.07. The van der Waals surface area contributed by atoms with Gasteiger partial charge < -0.3 is 0 Å². The highest BCUT2D eigenvalue weighted by atomic mass is 16.1. The SMILES string of the molecule is C[C@@H]1C(=O)CC[C@]2(C)C(=O)CCC[C@H]12. The van der Waals surface area contributed by atoms with Gasteiger partial charge in [0.2, 0.25) is 0 Å². The Labute approximate surface area is 85.1 Å². The second-order valence-corrected chi connectivity index (χ2v) is 5.09. The van der Waals surface area contributed by atoms with Gasteiger partial charge in [-0.05, 0) is 25.2 Å². The molecule has 0 aromatic carbocycles. The number of Topliss-reactive ketones (excluding diaryl/α,β-unsaturated/α-hetero) is 2. The molecule has 0 amide bonds. The van der Waals surface area contributed by atoms with E-state index in [2.05, 4.69) is 6.92 Å². The van der Waals surface area contributed by atoms with Crippen LogP contribution in [0.2, 0.25) is 0 Å². The summed E-state index contributed by atoms with van der Waals surface area (Å²) in [7, 11) is 0. The van der Waals surface area contributed by atoms with Crippen molar-refractivity contribution >= 4 is 11.6 Å². The molecule has 0 N–H and O–H groups in total. The Hall–Kier alpha value is -0.660. The average molecular weight is 194 g/mol. The number of rotatable bonds is 0. The summed E-state index contributed by atoms with van der Waals surface area (Å²) < 4.78 is 0. The lowest BCUT2D eigenvalue weighted by atomic mass is 9.56. The summed E-state index contributed by atoms with van der Waals surface area (Å²) in [5.74, 6) is 1.19. The van der Waals surface area contributed by atoms with Crippen molar-refractivity contribution in [1.29, 1.82) is 0 Å². The molecule has 0 aliphatic heterocycles. The third kappa shape index (κ3) is 1.23. The minimum Gasteiger partial charge on any atom is -0.299 e. The molecule has 0 aromatic rings. The third-order valence-corrected chi connectivity index (χ3v) is 4.38. The highest BCUT2D eigenvalue weighted by Gasteiger charge is 2.49. The highest BCUT2D eigenvalue weighted by molar-refractivity contribution is 5.90. The van der Waals surface area contributed by atoms with Gasteiger partial charge in [0.1, 0.15) is 11.6 Å². The number of carbonyl (C=O) groups excluding carboxylic acids is 2. The van der Waals surface area contributed by atoms with Crippen LogP contribution >= 0.6 is 0 Å². The maximum Gasteiger partial charge on any atom is 0.139 e. The monoisotopic (exact) mass is 194 g/mol. The Morgan fingerprint density at radius 1 is 1.29 bits per heavy atom. The molecular weight excluding hydrogens is 176 g/mol. The lowest BCUT2D eigenvalue weighted by Gasteiger charge is -2.46. The zero-order chi connectivity index (χ0) is 10.3. The van der Waals surface area contributed by atoms with Crippen LogP contribution in [0.15, 0.2) is 0 Å². The Kier molecular flexibility index (Phi) is 2.24. The predicted molar refractivity (Wildman–Crippen MR) is 53.9 cm³/mol. The largest absolute Gasteiger partial charge is 0.299 e. The van der Waals surface area contributed by atoms with E-state index in [1.54, 1.807) is 0 Å². The van der Waals surface area contributed by atoms with Gasteiger partial charge in [-0.3, -0.25) is 9.59 Å². The summed E-state index contributed by atoms with van der Waals surface area (Å²) in [5, 5.41) is 0. The number of fused-ring (bicyclic) bond motifs is 1. The first kappa shape index (κ1) is 9.88. The zero-order valence-electron chi connectivity index (χ0n) is 9.01. The van der Waals surface area contributed by atoms with Crippen molar-refractivity contribution in [2.24, 2.45) is 17.3 Å². The standard InChI is InChI=1S/C12H18O2/c1-8-9-4-3-5-11(14)12(9,2)7-6-10(8)13/h8-9H,3-7H2,1-2H3/t8-,9+,12-/m0/s1. The first-order valence-electron chi connectivity index (χ1n) is 5.62. The quantitative estimate of drug-likeness (QED) is 0.593.